The SMILES string of the molecule is CCCCCCCCCCCCCCCCCC(=O)O[C@H](COC(=O)CCCCCCCCCCCCC(C)CC)COP(=O)(O)OC[C@@H](O)COP(=O)(O)OC[C@@H](COC(=O)CCCCCCCCCC)OC(=O)CCCCCCCCCCCC. The van der Waals surface area contributed by atoms with Crippen molar-refractivity contribution in [2.45, 2.75) is 368 Å². The topological polar surface area (TPSA) is 237 Å². The summed E-state index contributed by atoms with van der Waals surface area (Å²) in [5.41, 5.74) is 0. The lowest BCUT2D eigenvalue weighted by Crippen LogP contribution is -2.30. The monoisotopic (exact) mass is 1280 g/mol. The molecule has 17 nitrogen and oxygen atoms in total. The molecule has 0 aliphatic heterocycles. The van der Waals surface area contributed by atoms with E-state index >= 15 is 0 Å². The van der Waals surface area contributed by atoms with Crippen LogP contribution in [0.1, 0.15) is 349 Å². The lowest BCUT2D eigenvalue weighted by Gasteiger charge is -2.21. The van der Waals surface area contributed by atoms with Gasteiger partial charge in [-0.15, -0.1) is 0 Å². The first-order valence-corrected chi connectivity index (χ1v) is 38.7. The van der Waals surface area contributed by atoms with Gasteiger partial charge in [0.2, 0.25) is 0 Å². The molecule has 3 unspecified atom stereocenters. The Morgan fingerprint density at radius 1 is 0.322 bits per heavy atom. The van der Waals surface area contributed by atoms with Crippen molar-refractivity contribution in [3.05, 3.63) is 0 Å². The van der Waals surface area contributed by atoms with Crippen LogP contribution in [-0.2, 0) is 65.4 Å². The molecule has 0 aromatic rings. The first-order chi connectivity index (χ1) is 42.1. The van der Waals surface area contributed by atoms with E-state index in [0.29, 0.717) is 25.7 Å². The number of esters is 4. The van der Waals surface area contributed by atoms with E-state index in [-0.39, 0.29) is 25.7 Å². The minimum atomic E-state index is -4.95. The summed E-state index contributed by atoms with van der Waals surface area (Å²) in [6, 6.07) is 0. The van der Waals surface area contributed by atoms with E-state index in [1.165, 1.54) is 167 Å². The van der Waals surface area contributed by atoms with Crippen molar-refractivity contribution >= 4 is 39.5 Å². The number of carbonyl (C=O) groups excluding carboxylic acids is 4. The number of ether oxygens (including phenoxy) is 4. The fourth-order valence-electron chi connectivity index (χ4n) is 10.3. The van der Waals surface area contributed by atoms with Crippen molar-refractivity contribution in [1.29, 1.82) is 0 Å². The zero-order valence-electron chi connectivity index (χ0n) is 56.2. The van der Waals surface area contributed by atoms with Gasteiger partial charge in [-0.2, -0.15) is 0 Å². The molecule has 0 aliphatic rings. The van der Waals surface area contributed by atoms with Gasteiger partial charge in [0.25, 0.3) is 0 Å². The Hall–Kier alpha value is -1.94. The average molecular weight is 1280 g/mol. The molecular formula is C68H132O17P2. The summed E-state index contributed by atoms with van der Waals surface area (Å²) in [5.74, 6) is -1.32. The largest absolute Gasteiger partial charge is 0.472 e. The van der Waals surface area contributed by atoms with E-state index in [4.69, 9.17) is 37.0 Å². The Morgan fingerprint density at radius 3 is 0.816 bits per heavy atom. The number of hydrogen-bond donors (Lipinski definition) is 3. The van der Waals surface area contributed by atoms with Crippen LogP contribution in [-0.4, -0.2) is 96.7 Å². The van der Waals surface area contributed by atoms with Crippen LogP contribution in [0.15, 0.2) is 0 Å². The van der Waals surface area contributed by atoms with Gasteiger partial charge >= 0.3 is 39.5 Å². The maximum atomic E-state index is 13.0. The van der Waals surface area contributed by atoms with Crippen LogP contribution in [0.2, 0.25) is 0 Å². The number of carbonyl (C=O) groups is 4. The first kappa shape index (κ1) is 85.1. The quantitative estimate of drug-likeness (QED) is 0.0222. The Morgan fingerprint density at radius 2 is 0.552 bits per heavy atom. The van der Waals surface area contributed by atoms with Gasteiger partial charge in [-0.3, -0.25) is 37.3 Å². The number of aliphatic hydroxyl groups excluding tert-OH is 1. The molecule has 0 heterocycles. The van der Waals surface area contributed by atoms with E-state index in [2.05, 4.69) is 34.6 Å². The lowest BCUT2D eigenvalue weighted by atomic mass is 9.99. The van der Waals surface area contributed by atoms with Crippen LogP contribution in [0, 0.1) is 5.92 Å². The van der Waals surface area contributed by atoms with Gasteiger partial charge in [-0.25, -0.2) is 9.13 Å². The molecule has 0 rings (SSSR count). The lowest BCUT2D eigenvalue weighted by molar-refractivity contribution is -0.161. The van der Waals surface area contributed by atoms with Gasteiger partial charge in [0.1, 0.15) is 19.3 Å². The van der Waals surface area contributed by atoms with Crippen molar-refractivity contribution in [2.75, 3.05) is 39.6 Å². The van der Waals surface area contributed by atoms with Gasteiger partial charge < -0.3 is 33.8 Å². The molecule has 19 heteroatoms. The van der Waals surface area contributed by atoms with E-state index in [9.17, 15) is 43.2 Å². The molecular weight excluding hydrogens is 1150 g/mol. The second-order valence-electron chi connectivity index (χ2n) is 24.8. The molecule has 0 aliphatic carbocycles. The maximum Gasteiger partial charge on any atom is 0.472 e. The van der Waals surface area contributed by atoms with Crippen molar-refractivity contribution in [3.63, 3.8) is 0 Å². The second kappa shape index (κ2) is 61.6. The van der Waals surface area contributed by atoms with Crippen molar-refractivity contribution in [1.82, 2.24) is 0 Å². The molecule has 0 aromatic carbocycles. The zero-order chi connectivity index (χ0) is 64.2. The molecule has 6 atom stereocenters. The molecule has 0 aromatic heterocycles. The highest BCUT2D eigenvalue weighted by Gasteiger charge is 2.30. The number of rotatable bonds is 68. The Bertz CT molecular complexity index is 1690. The molecule has 3 N–H and O–H groups in total. The van der Waals surface area contributed by atoms with E-state index in [1.807, 2.05) is 0 Å². The summed E-state index contributed by atoms with van der Waals surface area (Å²) in [5, 5.41) is 10.6. The van der Waals surface area contributed by atoms with Crippen LogP contribution >= 0.6 is 15.6 Å². The van der Waals surface area contributed by atoms with Crippen LogP contribution in [0.25, 0.3) is 0 Å². The van der Waals surface area contributed by atoms with E-state index in [1.54, 1.807) is 0 Å². The van der Waals surface area contributed by atoms with Gasteiger partial charge in [0.15, 0.2) is 12.2 Å². The highest BCUT2D eigenvalue weighted by molar-refractivity contribution is 7.47. The smallest absolute Gasteiger partial charge is 0.462 e. The fourth-order valence-corrected chi connectivity index (χ4v) is 11.8. The van der Waals surface area contributed by atoms with Gasteiger partial charge in [-0.05, 0) is 31.6 Å². The number of hydrogen-bond acceptors (Lipinski definition) is 15. The molecule has 0 spiro atoms. The molecule has 0 bridgehead atoms. The predicted molar refractivity (Wildman–Crippen MR) is 349 cm³/mol. The summed E-state index contributed by atoms with van der Waals surface area (Å²) in [6.07, 6.45) is 47.1. The maximum absolute atomic E-state index is 13.0. The molecule has 0 fully saturated rings. The summed E-state index contributed by atoms with van der Waals surface area (Å²) in [6.45, 7) is 7.23. The van der Waals surface area contributed by atoms with Gasteiger partial charge in [-0.1, -0.05) is 298 Å². The Labute approximate surface area is 530 Å². The van der Waals surface area contributed by atoms with Crippen LogP contribution in [0.3, 0.4) is 0 Å². The van der Waals surface area contributed by atoms with Crippen LogP contribution < -0.4 is 0 Å². The molecule has 0 saturated carbocycles. The van der Waals surface area contributed by atoms with Crippen LogP contribution in [0.5, 0.6) is 0 Å². The molecule has 87 heavy (non-hydrogen) atoms. The highest BCUT2D eigenvalue weighted by Crippen LogP contribution is 2.45. The van der Waals surface area contributed by atoms with E-state index < -0.39 is 97.5 Å². The molecule has 0 amide bonds. The second-order valence-corrected chi connectivity index (χ2v) is 27.7. The first-order valence-electron chi connectivity index (χ1n) is 35.7. The fraction of sp³-hybridized carbons (Fsp3) is 0.941. The molecule has 0 saturated heterocycles. The standard InChI is InChI=1S/C68H132O17P2/c1-6-10-13-16-19-22-24-25-26-27-28-34-39-44-49-54-68(73)85-64(58-79-66(71)52-47-42-37-33-30-29-31-35-40-45-50-61(5)9-4)60-83-87(76,77)81-56-62(69)55-80-86(74,75)82-59-63(57-78-65(70)51-46-41-36-21-18-15-12-8-3)84-67(72)53-48-43-38-32-23-20-17-14-11-7-2/h61-64,69H,6-60H2,1-5H3,(H,74,75)(H,76,77)/t61?,62-,63+,64+/m0/s1. The Kier molecular flexibility index (Phi) is 60.2. The normalized spacial score (nSPS) is 14.4. The minimum Gasteiger partial charge on any atom is -0.462 e. The summed E-state index contributed by atoms with van der Waals surface area (Å²) in [7, 11) is -9.89. The summed E-state index contributed by atoms with van der Waals surface area (Å²) in [4.78, 5) is 72.3. The van der Waals surface area contributed by atoms with Crippen molar-refractivity contribution < 1.29 is 80.2 Å². The predicted octanol–water partition coefficient (Wildman–Crippen LogP) is 19.4. The van der Waals surface area contributed by atoms with Gasteiger partial charge in [0.05, 0.1) is 26.4 Å². The molecule has 516 valence electrons. The molecule has 0 radical (unpaired) electrons. The number of phosphoric ester groups is 2. The Balaban J connectivity index is 5.22. The number of phosphoric acid groups is 2. The van der Waals surface area contributed by atoms with E-state index in [0.717, 1.165) is 102 Å². The van der Waals surface area contributed by atoms with Crippen molar-refractivity contribution in [2.24, 2.45) is 5.92 Å². The third kappa shape index (κ3) is 61.3. The minimum absolute atomic E-state index is 0.106. The van der Waals surface area contributed by atoms with Crippen molar-refractivity contribution in [3.8, 4) is 0 Å². The van der Waals surface area contributed by atoms with Crippen LogP contribution in [0.4, 0.5) is 0 Å². The third-order valence-electron chi connectivity index (χ3n) is 16.1. The average Bonchev–Trinajstić information content (AvgIpc) is 3.71. The highest BCUT2D eigenvalue weighted by atomic mass is 31.2. The summed E-state index contributed by atoms with van der Waals surface area (Å²) >= 11 is 0. The number of aliphatic hydroxyl groups is 1. The number of unbranched alkanes of at least 4 members (excludes halogenated alkanes) is 39. The third-order valence-corrected chi connectivity index (χ3v) is 18.0. The summed E-state index contributed by atoms with van der Waals surface area (Å²) < 4.78 is 68.1. The van der Waals surface area contributed by atoms with Gasteiger partial charge in [0, 0.05) is 25.7 Å². The zero-order valence-corrected chi connectivity index (χ0v) is 57.9.